The largest absolute Gasteiger partial charge is 0.472 e. The van der Waals surface area contributed by atoms with Gasteiger partial charge >= 0.3 is 39.5 Å². The molecule has 0 rings (SSSR count). The van der Waals surface area contributed by atoms with Gasteiger partial charge in [0.25, 0.3) is 0 Å². The fourth-order valence-electron chi connectivity index (χ4n) is 9.05. The monoisotopic (exact) mass is 1340 g/mol. The Kier molecular flexibility index (Phi) is 62.8. The number of ether oxygens (including phenoxy) is 4. The van der Waals surface area contributed by atoms with Crippen molar-refractivity contribution in [3.05, 3.63) is 97.2 Å². The summed E-state index contributed by atoms with van der Waals surface area (Å²) in [7, 11) is -9.95. The molecule has 0 bridgehead atoms. The van der Waals surface area contributed by atoms with Gasteiger partial charge in [-0.05, 0) is 128 Å². The average molecular weight is 1340 g/mol. The van der Waals surface area contributed by atoms with Gasteiger partial charge in [0.05, 0.1) is 26.4 Å². The SMILES string of the molecule is CC/C=C\C/C=C\C/C=C\CCCCCCCC(=O)OCC(COP(=O)(O)OCC(O)COP(=O)(O)OCC(COC(=O)CCCCCCC/C=C\C/C=C\CCC)OC(=O)CCCCCCC/C=C\C/C=C\CCC)OC(=O)CCCCCCC/C=C\CCCC. The summed E-state index contributed by atoms with van der Waals surface area (Å²) in [6.45, 7) is 4.51. The molecule has 92 heavy (non-hydrogen) atoms. The minimum atomic E-state index is -4.97. The first-order valence-electron chi connectivity index (χ1n) is 35.5. The Hall–Kier alpha value is -4.02. The van der Waals surface area contributed by atoms with Gasteiger partial charge in [-0.15, -0.1) is 0 Å². The summed E-state index contributed by atoms with van der Waals surface area (Å²) in [6.07, 6.45) is 65.6. The second-order valence-corrected chi connectivity index (χ2v) is 26.3. The third-order valence-electron chi connectivity index (χ3n) is 14.5. The number of aliphatic hydroxyl groups is 1. The highest BCUT2D eigenvalue weighted by Crippen LogP contribution is 2.45. The highest BCUT2D eigenvalue weighted by atomic mass is 31.2. The van der Waals surface area contributed by atoms with E-state index in [2.05, 4.69) is 125 Å². The van der Waals surface area contributed by atoms with Crippen molar-refractivity contribution in [1.82, 2.24) is 0 Å². The van der Waals surface area contributed by atoms with Gasteiger partial charge in [0.2, 0.25) is 0 Å². The molecule has 5 unspecified atom stereocenters. The molecule has 0 aromatic heterocycles. The summed E-state index contributed by atoms with van der Waals surface area (Å²) in [5, 5.41) is 10.6. The minimum Gasteiger partial charge on any atom is -0.462 e. The standard InChI is InChI=1S/C73H126O17P2/c1-5-9-13-17-21-25-29-32-33-36-39-42-46-50-54-58-71(76)84-63-68(89-72(77)59-55-51-47-43-37-28-24-20-16-12-8-4)65-87-91(79,80)85-61-67(74)62-86-92(81,82)88-66-69(90-73(78)60-56-52-48-44-40-35-31-27-23-19-15-11-7-3)64-83-70(75)57-53-49-45-41-38-34-30-26-22-18-14-10-6-2/h9,13-15,18-21,24-27,30-33,67-69,74H,5-8,10-12,16-17,22-23,28-29,34-66H2,1-4H3,(H,79,80)(H,81,82)/b13-9-,18-14-,19-15-,24-20-,25-21-,30-26-,31-27-,33-32-. The molecule has 5 atom stereocenters. The molecule has 0 spiro atoms. The molecule has 530 valence electrons. The zero-order valence-electron chi connectivity index (χ0n) is 57.4. The maximum Gasteiger partial charge on any atom is 0.472 e. The number of esters is 4. The number of rotatable bonds is 66. The Morgan fingerprint density at radius 1 is 0.315 bits per heavy atom. The van der Waals surface area contributed by atoms with E-state index in [4.69, 9.17) is 37.0 Å². The Morgan fingerprint density at radius 2 is 0.587 bits per heavy atom. The number of aliphatic hydroxyl groups excluding tert-OH is 1. The zero-order chi connectivity index (χ0) is 67.5. The van der Waals surface area contributed by atoms with Crippen LogP contribution < -0.4 is 0 Å². The van der Waals surface area contributed by atoms with Crippen molar-refractivity contribution in [3.8, 4) is 0 Å². The van der Waals surface area contributed by atoms with Crippen molar-refractivity contribution in [3.63, 3.8) is 0 Å². The van der Waals surface area contributed by atoms with Crippen LogP contribution in [0.5, 0.6) is 0 Å². The van der Waals surface area contributed by atoms with Gasteiger partial charge in [0.1, 0.15) is 19.3 Å². The summed E-state index contributed by atoms with van der Waals surface area (Å²) in [4.78, 5) is 72.5. The summed E-state index contributed by atoms with van der Waals surface area (Å²) < 4.78 is 68.2. The first-order chi connectivity index (χ1) is 44.7. The van der Waals surface area contributed by atoms with Crippen LogP contribution in [0.25, 0.3) is 0 Å². The second-order valence-electron chi connectivity index (χ2n) is 23.4. The van der Waals surface area contributed by atoms with Gasteiger partial charge in [-0.3, -0.25) is 37.3 Å². The molecule has 0 amide bonds. The molecular weight excluding hydrogens is 1210 g/mol. The first kappa shape index (κ1) is 88.0. The predicted molar refractivity (Wildman–Crippen MR) is 372 cm³/mol. The van der Waals surface area contributed by atoms with E-state index in [1.807, 2.05) is 0 Å². The van der Waals surface area contributed by atoms with E-state index in [0.717, 1.165) is 193 Å². The van der Waals surface area contributed by atoms with Crippen LogP contribution in [0.4, 0.5) is 0 Å². The molecule has 0 fully saturated rings. The van der Waals surface area contributed by atoms with Gasteiger partial charge in [-0.25, -0.2) is 9.13 Å². The van der Waals surface area contributed by atoms with Gasteiger partial charge in [0, 0.05) is 25.7 Å². The Balaban J connectivity index is 5.34. The number of carbonyl (C=O) groups excluding carboxylic acids is 4. The van der Waals surface area contributed by atoms with Crippen LogP contribution in [0.2, 0.25) is 0 Å². The predicted octanol–water partition coefficient (Wildman–Crippen LogP) is 19.7. The lowest BCUT2D eigenvalue weighted by molar-refractivity contribution is -0.161. The molecular formula is C73H126O17P2. The summed E-state index contributed by atoms with van der Waals surface area (Å²) in [6, 6.07) is 0. The van der Waals surface area contributed by atoms with Crippen LogP contribution >= 0.6 is 15.6 Å². The van der Waals surface area contributed by atoms with E-state index in [0.29, 0.717) is 25.7 Å². The lowest BCUT2D eigenvalue weighted by Crippen LogP contribution is -2.30. The molecule has 0 radical (unpaired) electrons. The molecule has 0 heterocycles. The van der Waals surface area contributed by atoms with Crippen molar-refractivity contribution in [2.45, 2.75) is 303 Å². The van der Waals surface area contributed by atoms with Crippen molar-refractivity contribution in [2.75, 3.05) is 39.6 Å². The van der Waals surface area contributed by atoms with Crippen molar-refractivity contribution < 1.29 is 80.2 Å². The van der Waals surface area contributed by atoms with Crippen molar-refractivity contribution >= 4 is 39.5 Å². The Bertz CT molecular complexity index is 2130. The van der Waals surface area contributed by atoms with Crippen molar-refractivity contribution in [2.24, 2.45) is 0 Å². The molecule has 0 aliphatic carbocycles. The van der Waals surface area contributed by atoms with E-state index in [-0.39, 0.29) is 25.7 Å². The fourth-order valence-corrected chi connectivity index (χ4v) is 10.6. The molecule has 0 aromatic rings. The van der Waals surface area contributed by atoms with Crippen LogP contribution in [0.3, 0.4) is 0 Å². The quantitative estimate of drug-likeness (QED) is 0.0169. The zero-order valence-corrected chi connectivity index (χ0v) is 59.2. The van der Waals surface area contributed by atoms with Crippen LogP contribution in [-0.4, -0.2) is 96.7 Å². The topological polar surface area (TPSA) is 237 Å². The summed E-state index contributed by atoms with van der Waals surface area (Å²) >= 11 is 0. The van der Waals surface area contributed by atoms with E-state index >= 15 is 0 Å². The summed E-state index contributed by atoms with van der Waals surface area (Å²) in [5.74, 6) is -2.23. The third kappa shape index (κ3) is 64.7. The normalized spacial score (nSPS) is 14.6. The number of phosphoric acid groups is 2. The maximum atomic E-state index is 13.0. The average Bonchev–Trinajstić information content (AvgIpc) is 2.24. The number of phosphoric ester groups is 2. The van der Waals surface area contributed by atoms with Crippen LogP contribution in [0, 0.1) is 0 Å². The second kappa shape index (κ2) is 65.6. The van der Waals surface area contributed by atoms with Crippen LogP contribution in [0.1, 0.15) is 285 Å². The fraction of sp³-hybridized carbons (Fsp3) is 0.726. The lowest BCUT2D eigenvalue weighted by atomic mass is 10.1. The molecule has 0 saturated carbocycles. The highest BCUT2D eigenvalue weighted by molar-refractivity contribution is 7.47. The molecule has 17 nitrogen and oxygen atoms in total. The maximum absolute atomic E-state index is 13.0. The number of allylic oxidation sites excluding steroid dienone is 16. The number of unbranched alkanes of at least 4 members (excludes halogenated alkanes) is 24. The molecule has 0 aliphatic heterocycles. The van der Waals surface area contributed by atoms with Gasteiger partial charge in [0.15, 0.2) is 12.2 Å². The van der Waals surface area contributed by atoms with E-state index in [9.17, 15) is 43.2 Å². The molecule has 0 aliphatic rings. The first-order valence-corrected chi connectivity index (χ1v) is 38.5. The minimum absolute atomic E-state index is 0.0751. The Labute approximate surface area is 557 Å². The molecule has 0 saturated heterocycles. The van der Waals surface area contributed by atoms with Gasteiger partial charge in [-0.2, -0.15) is 0 Å². The summed E-state index contributed by atoms with van der Waals surface area (Å²) in [5.41, 5.74) is 0. The number of hydrogen-bond donors (Lipinski definition) is 3. The number of carbonyl (C=O) groups is 4. The smallest absolute Gasteiger partial charge is 0.462 e. The van der Waals surface area contributed by atoms with Crippen LogP contribution in [-0.2, 0) is 65.4 Å². The van der Waals surface area contributed by atoms with E-state index < -0.39 is 97.5 Å². The highest BCUT2D eigenvalue weighted by Gasteiger charge is 2.30. The molecule has 19 heteroatoms. The number of hydrogen-bond acceptors (Lipinski definition) is 15. The van der Waals surface area contributed by atoms with E-state index in [1.165, 1.54) is 12.8 Å². The molecule has 3 N–H and O–H groups in total. The Morgan fingerprint density at radius 3 is 0.924 bits per heavy atom. The lowest BCUT2D eigenvalue weighted by Gasteiger charge is -2.21. The molecule has 0 aromatic carbocycles. The van der Waals surface area contributed by atoms with Crippen LogP contribution in [0.15, 0.2) is 97.2 Å². The van der Waals surface area contributed by atoms with Gasteiger partial charge < -0.3 is 33.8 Å². The third-order valence-corrected chi connectivity index (χ3v) is 16.4. The van der Waals surface area contributed by atoms with E-state index in [1.54, 1.807) is 0 Å². The van der Waals surface area contributed by atoms with Gasteiger partial charge in [-0.1, -0.05) is 228 Å². The van der Waals surface area contributed by atoms with Crippen molar-refractivity contribution in [1.29, 1.82) is 0 Å².